The summed E-state index contributed by atoms with van der Waals surface area (Å²) in [5.74, 6) is -2.52. The van der Waals surface area contributed by atoms with Crippen LogP contribution in [0.3, 0.4) is 0 Å². The third-order valence-electron chi connectivity index (χ3n) is 11.6. The monoisotopic (exact) mass is 990 g/mol. The maximum Gasteiger partial charge on any atom is 0.435 e. The largest absolute Gasteiger partial charge is 0.469 e. The second kappa shape index (κ2) is 24.9. The van der Waals surface area contributed by atoms with Crippen LogP contribution >= 0.6 is 0 Å². The van der Waals surface area contributed by atoms with Crippen molar-refractivity contribution in [3.8, 4) is 0 Å². The van der Waals surface area contributed by atoms with E-state index in [4.69, 9.17) is 28.4 Å². The number of anilines is 1. The first-order chi connectivity index (χ1) is 34.4. The number of nitrogens with zero attached hydrogens (tertiary/aromatic N) is 7. The second-order valence-electron chi connectivity index (χ2n) is 18.3. The average Bonchev–Trinajstić information content (AvgIpc) is 3.92. The zero-order valence-corrected chi connectivity index (χ0v) is 41.8. The van der Waals surface area contributed by atoms with E-state index in [1.165, 1.54) is 43.1 Å². The Morgan fingerprint density at radius 2 is 1.43 bits per heavy atom. The molecule has 72 heavy (non-hydrogen) atoms. The van der Waals surface area contributed by atoms with Gasteiger partial charge in [0, 0.05) is 45.1 Å². The highest BCUT2D eigenvalue weighted by molar-refractivity contribution is 6.06. The lowest BCUT2D eigenvalue weighted by atomic mass is 9.94. The van der Waals surface area contributed by atoms with Crippen LogP contribution in [0.25, 0.3) is 11.2 Å². The summed E-state index contributed by atoms with van der Waals surface area (Å²) in [6.07, 6.45) is -3.37. The first kappa shape index (κ1) is 53.6. The van der Waals surface area contributed by atoms with Gasteiger partial charge in [-0.1, -0.05) is 85.8 Å². The van der Waals surface area contributed by atoms with Gasteiger partial charge in [-0.05, 0) is 70.2 Å². The number of benzene rings is 3. The Bertz CT molecular complexity index is 2680. The minimum absolute atomic E-state index is 0.0127. The van der Waals surface area contributed by atoms with Crippen molar-refractivity contribution in [3.05, 3.63) is 120 Å². The minimum atomic E-state index is -1.28. The predicted molar refractivity (Wildman–Crippen MR) is 263 cm³/mol. The summed E-state index contributed by atoms with van der Waals surface area (Å²) in [6.45, 7) is 11.4. The van der Waals surface area contributed by atoms with Crippen molar-refractivity contribution in [2.75, 3.05) is 25.5 Å². The molecule has 0 aliphatic carbocycles. The molecule has 1 aliphatic rings. The Hall–Kier alpha value is -7.74. The van der Waals surface area contributed by atoms with Gasteiger partial charge in [0.2, 0.25) is 0 Å². The number of hydrogen-bond donors (Lipinski definition) is 1. The van der Waals surface area contributed by atoms with Gasteiger partial charge in [-0.3, -0.25) is 23.7 Å². The van der Waals surface area contributed by atoms with Crippen molar-refractivity contribution in [2.24, 2.45) is 10.9 Å². The Kier molecular flexibility index (Phi) is 18.5. The highest BCUT2D eigenvalue weighted by Gasteiger charge is 2.52. The molecule has 20 heteroatoms. The van der Waals surface area contributed by atoms with Crippen LogP contribution in [0.4, 0.5) is 15.4 Å². The molecule has 20 nitrogen and oxygen atoms in total. The maximum atomic E-state index is 14.7. The Morgan fingerprint density at radius 3 is 2.06 bits per heavy atom. The van der Waals surface area contributed by atoms with Crippen LogP contribution in [-0.2, 0) is 56.0 Å². The van der Waals surface area contributed by atoms with Crippen LogP contribution in [-0.4, -0.2) is 121 Å². The molecule has 2 aromatic heterocycles. The molecule has 3 amide bonds. The number of aliphatic imine (C=N–C) groups is 1. The first-order valence-electron chi connectivity index (χ1n) is 23.6. The summed E-state index contributed by atoms with van der Waals surface area (Å²) in [5.41, 5.74) is 1.58. The molecule has 0 bridgehead atoms. The molecule has 0 saturated carbocycles. The average molecular weight is 991 g/mol. The summed E-state index contributed by atoms with van der Waals surface area (Å²) >= 11 is 0. The second-order valence-corrected chi connectivity index (χ2v) is 18.3. The number of nitrogens with one attached hydrogen (secondary N) is 1. The highest BCUT2D eigenvalue weighted by Crippen LogP contribution is 2.39. The van der Waals surface area contributed by atoms with Crippen LogP contribution in [0.5, 0.6) is 0 Å². The zero-order chi connectivity index (χ0) is 52.0. The summed E-state index contributed by atoms with van der Waals surface area (Å²) in [5, 5.41) is 2.78. The number of ether oxygens (including phenoxy) is 6. The molecule has 3 heterocycles. The third kappa shape index (κ3) is 14.9. The number of fused-ring (bicyclic) bond motifs is 1. The number of amidine groups is 1. The highest BCUT2D eigenvalue weighted by atomic mass is 16.6. The Morgan fingerprint density at radius 1 is 0.806 bits per heavy atom. The molecule has 5 aromatic rings. The molecule has 382 valence electrons. The molecule has 0 spiro atoms. The van der Waals surface area contributed by atoms with Gasteiger partial charge in [-0.15, -0.1) is 0 Å². The first-order valence-corrected chi connectivity index (χ1v) is 23.6. The maximum absolute atomic E-state index is 14.7. The molecule has 1 N–H and O–H groups in total. The number of carbonyl (C=O) groups excluding carboxylic acids is 6. The van der Waals surface area contributed by atoms with Gasteiger partial charge in [0.05, 0.1) is 19.4 Å². The van der Waals surface area contributed by atoms with Crippen molar-refractivity contribution in [2.45, 2.75) is 117 Å². The number of rotatable bonds is 19. The fourth-order valence-electron chi connectivity index (χ4n) is 8.20. The lowest BCUT2D eigenvalue weighted by molar-refractivity contribution is -0.165. The van der Waals surface area contributed by atoms with Gasteiger partial charge in [-0.2, -0.15) is 4.99 Å². The minimum Gasteiger partial charge on any atom is -0.469 e. The van der Waals surface area contributed by atoms with E-state index in [9.17, 15) is 28.8 Å². The van der Waals surface area contributed by atoms with E-state index in [0.29, 0.717) is 17.9 Å². The van der Waals surface area contributed by atoms with Crippen molar-refractivity contribution in [3.63, 3.8) is 0 Å². The van der Waals surface area contributed by atoms with Crippen molar-refractivity contribution in [1.29, 1.82) is 0 Å². The number of hydrogen-bond acceptors (Lipinski definition) is 15. The van der Waals surface area contributed by atoms with E-state index in [1.807, 2.05) is 65.6 Å². The number of carbonyl (C=O) groups is 6. The Labute approximate surface area is 418 Å². The van der Waals surface area contributed by atoms with Crippen LogP contribution in [0.1, 0.15) is 95.4 Å². The van der Waals surface area contributed by atoms with E-state index >= 15 is 0 Å². The molecule has 0 radical (unpaired) electrons. The topological polar surface area (TPSA) is 232 Å². The number of amides is 3. The normalized spacial score (nSPS) is 17.5. The molecule has 1 saturated heterocycles. The number of methoxy groups -OCH3 is 1. The lowest BCUT2D eigenvalue weighted by Crippen LogP contribution is -2.48. The standard InChI is InChI=1S/C52H62N8O12/c1-33(49(64)67-8)24-25-40(59(51(66)68-30-38-20-14-10-15-21-38)27-26-58(29-37-18-12-9-13-19-37)34(2)56-50(65)72-52(5,6)7)28-41-43(69-35(3)61)44(70-36(4)62)48(71-41)60-32-55-42-45(53-31-54-46(42)60)57-47(63)39-22-16-11-17-23-39/h9-23,31-33,40-41,43-44,48H,24-30H2,1-8H3,(H,53,54,57,63)/b56-34-/t33-,40-,41+,43-,44?,48+/m0/s1. The molecular weight excluding hydrogens is 929 g/mol. The Balaban J connectivity index is 1.40. The van der Waals surface area contributed by atoms with Crippen LogP contribution in [0.15, 0.2) is 109 Å². The van der Waals surface area contributed by atoms with Crippen LogP contribution in [0, 0.1) is 5.92 Å². The van der Waals surface area contributed by atoms with E-state index in [1.54, 1.807) is 65.0 Å². The SMILES string of the molecule is COC(=O)[C@@H](C)CC[C@@H](C[C@H]1O[C@@H](n2cnc3c(NC(=O)c4ccccc4)ncnc32)C(OC(C)=O)[C@H]1OC(C)=O)N(CCN(Cc1ccccc1)/C(C)=N\C(=O)OC(C)(C)C)C(=O)OCc1ccccc1. The van der Waals surface area contributed by atoms with E-state index in [2.05, 4.69) is 25.3 Å². The van der Waals surface area contributed by atoms with Crippen molar-refractivity contribution < 1.29 is 57.2 Å². The van der Waals surface area contributed by atoms with Gasteiger partial charge in [0.15, 0.2) is 35.4 Å². The molecular formula is C52H62N8O12. The van der Waals surface area contributed by atoms with E-state index < -0.39 is 78.1 Å². The number of aromatic nitrogens is 4. The number of esters is 3. The predicted octanol–water partition coefficient (Wildman–Crippen LogP) is 7.68. The van der Waals surface area contributed by atoms with Crippen LogP contribution in [0.2, 0.25) is 0 Å². The summed E-state index contributed by atoms with van der Waals surface area (Å²) < 4.78 is 36.8. The third-order valence-corrected chi connectivity index (χ3v) is 11.6. The summed E-state index contributed by atoms with van der Waals surface area (Å²) in [6, 6.07) is 26.4. The molecule has 1 aliphatic heterocycles. The van der Waals surface area contributed by atoms with Gasteiger partial charge >= 0.3 is 30.1 Å². The van der Waals surface area contributed by atoms with Crippen molar-refractivity contribution in [1.82, 2.24) is 29.3 Å². The number of imidazole rings is 1. The molecule has 3 aromatic carbocycles. The van der Waals surface area contributed by atoms with Gasteiger partial charge < -0.3 is 43.5 Å². The molecule has 1 fully saturated rings. The summed E-state index contributed by atoms with van der Waals surface area (Å²) in [4.78, 5) is 101. The van der Waals surface area contributed by atoms with Gasteiger partial charge in [0.25, 0.3) is 5.91 Å². The van der Waals surface area contributed by atoms with Gasteiger partial charge in [-0.25, -0.2) is 24.5 Å². The summed E-state index contributed by atoms with van der Waals surface area (Å²) in [7, 11) is 1.29. The quantitative estimate of drug-likeness (QED) is 0.0362. The smallest absolute Gasteiger partial charge is 0.435 e. The molecule has 1 unspecified atom stereocenters. The lowest BCUT2D eigenvalue weighted by Gasteiger charge is -2.36. The van der Waals surface area contributed by atoms with Gasteiger partial charge in [0.1, 0.15) is 30.5 Å². The van der Waals surface area contributed by atoms with E-state index in [0.717, 1.165) is 11.1 Å². The fraction of sp³-hybridized carbons (Fsp3) is 0.423. The zero-order valence-electron chi connectivity index (χ0n) is 41.8. The molecule has 6 rings (SSSR count). The van der Waals surface area contributed by atoms with Crippen LogP contribution < -0.4 is 5.32 Å². The van der Waals surface area contributed by atoms with Crippen molar-refractivity contribution >= 4 is 58.8 Å². The van der Waals surface area contributed by atoms with E-state index in [-0.39, 0.29) is 55.9 Å². The fourth-order valence-corrected chi connectivity index (χ4v) is 8.20. The molecule has 6 atom stereocenters.